The third-order valence-corrected chi connectivity index (χ3v) is 6.34. The third kappa shape index (κ3) is 3.40. The maximum absolute atomic E-state index is 13.7. The molecule has 0 fully saturated rings. The summed E-state index contributed by atoms with van der Waals surface area (Å²) in [4.78, 5) is 50.5. The number of ether oxygens (including phenoxy) is 2. The van der Waals surface area contributed by atoms with Gasteiger partial charge in [0, 0.05) is 17.3 Å². The summed E-state index contributed by atoms with van der Waals surface area (Å²) in [6, 6.07) is 3.00. The quantitative estimate of drug-likeness (QED) is 0.251. The second-order valence-corrected chi connectivity index (χ2v) is 8.50. The van der Waals surface area contributed by atoms with E-state index in [2.05, 4.69) is 10.1 Å². The number of fused-ring (bicyclic) bond motifs is 3. The summed E-state index contributed by atoms with van der Waals surface area (Å²) in [5, 5.41) is 24.2. The molecule has 35 heavy (non-hydrogen) atoms. The van der Waals surface area contributed by atoms with Gasteiger partial charge in [-0.1, -0.05) is 0 Å². The summed E-state index contributed by atoms with van der Waals surface area (Å²) < 4.78 is 15.7. The first kappa shape index (κ1) is 23.8. The fourth-order valence-electron chi connectivity index (χ4n) is 4.35. The van der Waals surface area contributed by atoms with Crippen LogP contribution in [-0.2, 0) is 26.3 Å². The minimum atomic E-state index is -1.60. The molecule has 0 saturated carbocycles. The van der Waals surface area contributed by atoms with Crippen molar-refractivity contribution in [3.05, 3.63) is 63.4 Å². The van der Waals surface area contributed by atoms with Gasteiger partial charge in [-0.25, -0.2) is 4.79 Å². The average Bonchev–Trinajstić information content (AvgIpc) is 3.39. The lowest BCUT2D eigenvalue weighted by molar-refractivity contribution is -0.123. The monoisotopic (exact) mass is 481 g/mol. The van der Waals surface area contributed by atoms with Gasteiger partial charge in [-0.3, -0.25) is 14.4 Å². The van der Waals surface area contributed by atoms with Crippen LogP contribution in [0.5, 0.6) is 17.2 Å². The summed E-state index contributed by atoms with van der Waals surface area (Å²) in [7, 11) is 1.23. The minimum Gasteiger partial charge on any atom is -0.507 e. The molecule has 0 bridgehead atoms. The molecule has 10 nitrogen and oxygen atoms in total. The molecule has 2 heterocycles. The number of furan rings is 1. The Hall–Kier alpha value is -4.34. The topological polar surface area (TPSA) is 152 Å². The second kappa shape index (κ2) is 8.15. The molecule has 1 aliphatic carbocycles. The summed E-state index contributed by atoms with van der Waals surface area (Å²) in [5.74, 6) is -3.10. The lowest BCUT2D eigenvalue weighted by atomic mass is 9.70. The van der Waals surface area contributed by atoms with Gasteiger partial charge in [0.05, 0.1) is 24.8 Å². The van der Waals surface area contributed by atoms with E-state index >= 15 is 0 Å². The lowest BCUT2D eigenvalue weighted by Crippen LogP contribution is -2.41. The average molecular weight is 481 g/mol. The summed E-state index contributed by atoms with van der Waals surface area (Å²) in [5.41, 5.74) is -1.67. The zero-order chi connectivity index (χ0) is 25.8. The molecule has 2 aromatic rings. The predicted molar refractivity (Wildman–Crippen MR) is 120 cm³/mol. The molecule has 0 radical (unpaired) electrons. The number of esters is 1. The van der Waals surface area contributed by atoms with Gasteiger partial charge in [0.15, 0.2) is 17.3 Å². The van der Waals surface area contributed by atoms with Crippen molar-refractivity contribution < 1.29 is 43.3 Å². The van der Waals surface area contributed by atoms with E-state index in [9.17, 15) is 29.4 Å². The van der Waals surface area contributed by atoms with Crippen molar-refractivity contribution in [3.63, 3.8) is 0 Å². The van der Waals surface area contributed by atoms with Crippen molar-refractivity contribution in [3.8, 4) is 17.2 Å². The molecule has 0 amide bonds. The largest absolute Gasteiger partial charge is 0.507 e. The zero-order valence-electron chi connectivity index (χ0n) is 19.7. The van der Waals surface area contributed by atoms with Gasteiger partial charge in [0.25, 0.3) is 0 Å². The van der Waals surface area contributed by atoms with Gasteiger partial charge in [0.2, 0.25) is 5.76 Å². The molecule has 1 aromatic heterocycles. The molecule has 0 spiro atoms. The van der Waals surface area contributed by atoms with E-state index in [0.717, 1.165) is 6.08 Å². The number of phenols is 2. The molecule has 0 saturated heterocycles. The highest BCUT2D eigenvalue weighted by Gasteiger charge is 2.56. The van der Waals surface area contributed by atoms with Crippen LogP contribution in [0.3, 0.4) is 0 Å². The van der Waals surface area contributed by atoms with Gasteiger partial charge in [0.1, 0.15) is 39.7 Å². The highest BCUT2D eigenvalue weighted by atomic mass is 16.5. The van der Waals surface area contributed by atoms with Gasteiger partial charge in [-0.05, 0) is 39.8 Å². The van der Waals surface area contributed by atoms with E-state index in [1.54, 1.807) is 6.07 Å². The molecule has 0 unspecified atom stereocenters. The Morgan fingerprint density at radius 3 is 2.46 bits per heavy atom. The van der Waals surface area contributed by atoms with E-state index in [-0.39, 0.29) is 51.8 Å². The number of aromatic hydroxyl groups is 2. The third-order valence-electron chi connectivity index (χ3n) is 6.34. The minimum absolute atomic E-state index is 0.00889. The summed E-state index contributed by atoms with van der Waals surface area (Å²) in [6.45, 7) is 5.73. The Bertz CT molecular complexity index is 1390. The smallest absolute Gasteiger partial charge is 0.373 e. The molecular weight excluding hydrogens is 458 g/mol. The highest BCUT2D eigenvalue weighted by Crippen LogP contribution is 2.57. The molecule has 1 aliphatic heterocycles. The number of Topliss-reactive ketones (excluding diaryl/α,β-unsaturated/α-hetero) is 2. The number of nitrogens with one attached hydrogen (secondary N) is 1. The molecule has 182 valence electrons. The SMILES string of the molecule is COC(=O)c1ccc(CNC(C)=C2C(=O)C=C3Oc4c(C(C)=O)c(O)c(C)c(O)c4[C@@]3(C)C2=O)o1. The number of hydrogen-bond acceptors (Lipinski definition) is 10. The number of hydrogen-bond donors (Lipinski definition) is 3. The molecule has 4 rings (SSSR count). The molecule has 2 aliphatic rings. The first-order valence-electron chi connectivity index (χ1n) is 10.6. The van der Waals surface area contributed by atoms with Crippen LogP contribution < -0.4 is 10.1 Å². The number of rotatable bonds is 5. The Morgan fingerprint density at radius 1 is 1.14 bits per heavy atom. The number of allylic oxidation sites excluding steroid dienone is 4. The number of phenolic OH excluding ortho intramolecular Hbond substituents is 2. The molecular formula is C25H23NO9. The van der Waals surface area contributed by atoms with Crippen molar-refractivity contribution in [2.75, 3.05) is 7.11 Å². The Balaban J connectivity index is 1.76. The van der Waals surface area contributed by atoms with Crippen molar-refractivity contribution in [1.82, 2.24) is 5.32 Å². The first-order valence-corrected chi connectivity index (χ1v) is 10.6. The van der Waals surface area contributed by atoms with Crippen LogP contribution >= 0.6 is 0 Å². The maximum atomic E-state index is 13.7. The van der Waals surface area contributed by atoms with E-state index in [4.69, 9.17) is 9.15 Å². The van der Waals surface area contributed by atoms with E-state index in [0.29, 0.717) is 5.76 Å². The number of carbonyl (C=O) groups excluding carboxylic acids is 4. The molecule has 3 N–H and O–H groups in total. The van der Waals surface area contributed by atoms with Gasteiger partial charge in [-0.15, -0.1) is 0 Å². The van der Waals surface area contributed by atoms with Crippen molar-refractivity contribution in [1.29, 1.82) is 0 Å². The summed E-state index contributed by atoms with van der Waals surface area (Å²) >= 11 is 0. The van der Waals surface area contributed by atoms with E-state index < -0.39 is 40.2 Å². The number of ketones is 3. The lowest BCUT2D eigenvalue weighted by Gasteiger charge is -2.29. The van der Waals surface area contributed by atoms with Gasteiger partial charge in [-0.2, -0.15) is 0 Å². The van der Waals surface area contributed by atoms with Crippen LogP contribution in [0.4, 0.5) is 0 Å². The number of carbonyl (C=O) groups is 4. The summed E-state index contributed by atoms with van der Waals surface area (Å²) in [6.07, 6.45) is 1.14. The van der Waals surface area contributed by atoms with Crippen LogP contribution in [0.15, 0.2) is 39.7 Å². The molecule has 10 heteroatoms. The van der Waals surface area contributed by atoms with Crippen molar-refractivity contribution >= 4 is 23.3 Å². The van der Waals surface area contributed by atoms with Crippen LogP contribution in [0.1, 0.15) is 58.6 Å². The van der Waals surface area contributed by atoms with Crippen LogP contribution in [0, 0.1) is 6.92 Å². The Kier molecular flexibility index (Phi) is 5.55. The number of benzene rings is 1. The van der Waals surface area contributed by atoms with Crippen molar-refractivity contribution in [2.45, 2.75) is 39.7 Å². The van der Waals surface area contributed by atoms with Crippen molar-refractivity contribution in [2.24, 2.45) is 0 Å². The van der Waals surface area contributed by atoms with E-state index in [1.807, 2.05) is 0 Å². The van der Waals surface area contributed by atoms with Crippen LogP contribution in [0.2, 0.25) is 0 Å². The van der Waals surface area contributed by atoms with Gasteiger partial charge >= 0.3 is 5.97 Å². The standard InChI is InChI=1S/C25H23NO9/c1-10-20(29)18(12(3)27)22-19(21(10)30)25(4)16(35-22)8-14(28)17(23(25)31)11(2)26-9-13-6-7-15(34-13)24(32)33-5/h6-8,26,29-30H,9H2,1-5H3/t25-/m0/s1. The number of methoxy groups -OCH3 is 1. The molecule has 1 atom stereocenters. The normalized spacial score (nSPS) is 20.0. The fraction of sp³-hybridized carbons (Fsp3) is 0.280. The highest BCUT2D eigenvalue weighted by molar-refractivity contribution is 6.31. The second-order valence-electron chi connectivity index (χ2n) is 8.50. The zero-order valence-corrected chi connectivity index (χ0v) is 19.7. The molecule has 1 aromatic carbocycles. The van der Waals surface area contributed by atoms with Gasteiger partial charge < -0.3 is 29.4 Å². The first-order chi connectivity index (χ1) is 16.4. The van der Waals surface area contributed by atoms with Crippen LogP contribution in [-0.4, -0.2) is 40.6 Å². The fourth-order valence-corrected chi connectivity index (χ4v) is 4.35. The van der Waals surface area contributed by atoms with Crippen LogP contribution in [0.25, 0.3) is 0 Å². The maximum Gasteiger partial charge on any atom is 0.373 e. The van der Waals surface area contributed by atoms with E-state index in [1.165, 1.54) is 40.9 Å². The Morgan fingerprint density at radius 2 is 1.83 bits per heavy atom. The predicted octanol–water partition coefficient (Wildman–Crippen LogP) is 2.74. The Labute approximate surface area is 199 Å².